The molecule has 3 heteroatoms. The van der Waals surface area contributed by atoms with Crippen LogP contribution in [-0.2, 0) is 16.0 Å². The van der Waals surface area contributed by atoms with E-state index in [-0.39, 0.29) is 23.7 Å². The van der Waals surface area contributed by atoms with E-state index < -0.39 is 0 Å². The van der Waals surface area contributed by atoms with Gasteiger partial charge in [0.1, 0.15) is 0 Å². The van der Waals surface area contributed by atoms with E-state index >= 15 is 0 Å². The summed E-state index contributed by atoms with van der Waals surface area (Å²) < 4.78 is 0. The summed E-state index contributed by atoms with van der Waals surface area (Å²) in [7, 11) is 0. The van der Waals surface area contributed by atoms with Gasteiger partial charge >= 0.3 is 0 Å². The number of aryl methyl sites for hydroxylation is 1. The Morgan fingerprint density at radius 2 is 2.00 bits per heavy atom. The van der Waals surface area contributed by atoms with Gasteiger partial charge in [-0.2, -0.15) is 0 Å². The molecule has 0 aliphatic carbocycles. The van der Waals surface area contributed by atoms with Crippen molar-refractivity contribution in [2.75, 3.05) is 0 Å². The summed E-state index contributed by atoms with van der Waals surface area (Å²) in [5.74, 6) is 0.0733. The second-order valence-corrected chi connectivity index (χ2v) is 4.45. The summed E-state index contributed by atoms with van der Waals surface area (Å²) in [5, 5.41) is 2.69. The molecule has 1 aromatic rings. The number of hydrogen-bond donors (Lipinski definition) is 1. The molecule has 0 bridgehead atoms. The molecule has 0 aromatic heterocycles. The van der Waals surface area contributed by atoms with Crippen LogP contribution in [0, 0.1) is 5.92 Å². The predicted octanol–water partition coefficient (Wildman–Crippen LogP) is 1.71. The third-order valence-electron chi connectivity index (χ3n) is 3.33. The summed E-state index contributed by atoms with van der Waals surface area (Å²) >= 11 is 0. The van der Waals surface area contributed by atoms with Crippen molar-refractivity contribution in [2.24, 2.45) is 5.92 Å². The molecule has 90 valence electrons. The SMILES string of the molecule is CCC1C(=O)NC1C(=O)CCc1ccccc1. The van der Waals surface area contributed by atoms with Crippen molar-refractivity contribution in [1.82, 2.24) is 5.32 Å². The number of amides is 1. The molecule has 0 spiro atoms. The van der Waals surface area contributed by atoms with Crippen molar-refractivity contribution in [1.29, 1.82) is 0 Å². The first kappa shape index (κ1) is 11.8. The molecule has 1 amide bonds. The number of hydrogen-bond acceptors (Lipinski definition) is 2. The van der Waals surface area contributed by atoms with Gasteiger partial charge in [0.25, 0.3) is 0 Å². The van der Waals surface area contributed by atoms with E-state index in [1.807, 2.05) is 37.3 Å². The minimum absolute atomic E-state index is 0.0190. The van der Waals surface area contributed by atoms with Gasteiger partial charge in [0.2, 0.25) is 5.91 Å². The minimum Gasteiger partial charge on any atom is -0.345 e. The van der Waals surface area contributed by atoms with Crippen LogP contribution in [0.5, 0.6) is 0 Å². The zero-order valence-electron chi connectivity index (χ0n) is 9.98. The lowest BCUT2D eigenvalue weighted by Crippen LogP contribution is -2.61. The number of carbonyl (C=O) groups is 2. The van der Waals surface area contributed by atoms with Crippen molar-refractivity contribution in [3.8, 4) is 0 Å². The fraction of sp³-hybridized carbons (Fsp3) is 0.429. The van der Waals surface area contributed by atoms with Gasteiger partial charge in [-0.15, -0.1) is 0 Å². The second-order valence-electron chi connectivity index (χ2n) is 4.45. The molecule has 1 aromatic carbocycles. The molecule has 2 rings (SSSR count). The first-order valence-electron chi connectivity index (χ1n) is 6.09. The van der Waals surface area contributed by atoms with Crippen LogP contribution in [0.4, 0.5) is 0 Å². The van der Waals surface area contributed by atoms with Crippen molar-refractivity contribution in [3.63, 3.8) is 0 Å². The van der Waals surface area contributed by atoms with Gasteiger partial charge in [0.15, 0.2) is 5.78 Å². The zero-order valence-corrected chi connectivity index (χ0v) is 9.98. The lowest BCUT2D eigenvalue weighted by atomic mass is 9.84. The number of Topliss-reactive ketones (excluding diaryl/α,β-unsaturated/α-hetero) is 1. The van der Waals surface area contributed by atoms with Crippen LogP contribution in [0.25, 0.3) is 0 Å². The summed E-state index contributed by atoms with van der Waals surface area (Å²) in [6.07, 6.45) is 2.00. The highest BCUT2D eigenvalue weighted by Gasteiger charge is 2.41. The molecule has 1 fully saturated rings. The molecular formula is C14H17NO2. The average molecular weight is 231 g/mol. The Bertz CT molecular complexity index is 413. The summed E-state index contributed by atoms with van der Waals surface area (Å²) in [6.45, 7) is 1.95. The Hall–Kier alpha value is -1.64. The van der Waals surface area contributed by atoms with E-state index in [1.54, 1.807) is 0 Å². The normalized spacial score (nSPS) is 22.8. The van der Waals surface area contributed by atoms with Crippen LogP contribution >= 0.6 is 0 Å². The summed E-state index contributed by atoms with van der Waals surface area (Å²) in [5.41, 5.74) is 1.17. The molecule has 1 saturated heterocycles. The van der Waals surface area contributed by atoms with Crippen LogP contribution < -0.4 is 5.32 Å². The van der Waals surface area contributed by atoms with Gasteiger partial charge in [-0.1, -0.05) is 37.3 Å². The topological polar surface area (TPSA) is 46.2 Å². The average Bonchev–Trinajstić information content (AvgIpc) is 2.35. The van der Waals surface area contributed by atoms with E-state index in [0.29, 0.717) is 6.42 Å². The van der Waals surface area contributed by atoms with Crippen molar-refractivity contribution in [2.45, 2.75) is 32.2 Å². The number of rotatable bonds is 5. The first-order valence-corrected chi connectivity index (χ1v) is 6.09. The Morgan fingerprint density at radius 1 is 1.29 bits per heavy atom. The third kappa shape index (κ3) is 2.54. The first-order chi connectivity index (χ1) is 8.22. The van der Waals surface area contributed by atoms with Crippen molar-refractivity contribution in [3.05, 3.63) is 35.9 Å². The van der Waals surface area contributed by atoms with Crippen LogP contribution in [0.1, 0.15) is 25.3 Å². The highest BCUT2D eigenvalue weighted by Crippen LogP contribution is 2.21. The van der Waals surface area contributed by atoms with Gasteiger partial charge in [0.05, 0.1) is 12.0 Å². The van der Waals surface area contributed by atoms with Gasteiger partial charge < -0.3 is 5.32 Å². The molecule has 3 nitrogen and oxygen atoms in total. The van der Waals surface area contributed by atoms with E-state index in [9.17, 15) is 9.59 Å². The monoisotopic (exact) mass is 231 g/mol. The van der Waals surface area contributed by atoms with E-state index in [4.69, 9.17) is 0 Å². The molecule has 2 unspecified atom stereocenters. The Labute approximate surface area is 101 Å². The van der Waals surface area contributed by atoms with Gasteiger partial charge in [-0.05, 0) is 18.4 Å². The molecule has 0 saturated carbocycles. The Kier molecular flexibility index (Phi) is 3.57. The highest BCUT2D eigenvalue weighted by atomic mass is 16.2. The highest BCUT2D eigenvalue weighted by molar-refractivity contribution is 6.00. The largest absolute Gasteiger partial charge is 0.345 e. The standard InChI is InChI=1S/C14H17NO2/c1-2-11-13(15-14(11)17)12(16)9-8-10-6-4-3-5-7-10/h3-7,11,13H,2,8-9H2,1H3,(H,15,17). The van der Waals surface area contributed by atoms with Crippen molar-refractivity contribution >= 4 is 11.7 Å². The maximum absolute atomic E-state index is 11.9. The zero-order chi connectivity index (χ0) is 12.3. The van der Waals surface area contributed by atoms with Crippen LogP contribution in [-0.4, -0.2) is 17.7 Å². The lowest BCUT2D eigenvalue weighted by Gasteiger charge is -2.34. The van der Waals surface area contributed by atoms with E-state index in [0.717, 1.165) is 12.8 Å². The van der Waals surface area contributed by atoms with Crippen LogP contribution in [0.3, 0.4) is 0 Å². The van der Waals surface area contributed by atoms with Crippen LogP contribution in [0.15, 0.2) is 30.3 Å². The fourth-order valence-corrected chi connectivity index (χ4v) is 2.21. The molecule has 17 heavy (non-hydrogen) atoms. The molecular weight excluding hydrogens is 214 g/mol. The van der Waals surface area contributed by atoms with Gasteiger partial charge in [0, 0.05) is 6.42 Å². The summed E-state index contributed by atoms with van der Waals surface area (Å²) in [6, 6.07) is 9.70. The number of benzene rings is 1. The lowest BCUT2D eigenvalue weighted by molar-refractivity contribution is -0.142. The Balaban J connectivity index is 1.84. The molecule has 1 aliphatic rings. The molecule has 2 atom stereocenters. The predicted molar refractivity (Wildman–Crippen MR) is 65.5 cm³/mol. The minimum atomic E-state index is -0.240. The Morgan fingerprint density at radius 3 is 2.59 bits per heavy atom. The number of nitrogens with one attached hydrogen (secondary N) is 1. The van der Waals surface area contributed by atoms with Crippen molar-refractivity contribution < 1.29 is 9.59 Å². The fourth-order valence-electron chi connectivity index (χ4n) is 2.21. The molecule has 0 radical (unpaired) electrons. The van der Waals surface area contributed by atoms with Gasteiger partial charge in [-0.25, -0.2) is 0 Å². The van der Waals surface area contributed by atoms with Gasteiger partial charge in [-0.3, -0.25) is 9.59 Å². The number of carbonyl (C=O) groups excluding carboxylic acids is 2. The maximum atomic E-state index is 11.9. The van der Waals surface area contributed by atoms with E-state index in [2.05, 4.69) is 5.32 Å². The molecule has 1 aliphatic heterocycles. The summed E-state index contributed by atoms with van der Waals surface area (Å²) in [4.78, 5) is 23.1. The van der Waals surface area contributed by atoms with Crippen LogP contribution in [0.2, 0.25) is 0 Å². The number of ketones is 1. The molecule has 1 heterocycles. The quantitative estimate of drug-likeness (QED) is 0.784. The maximum Gasteiger partial charge on any atom is 0.226 e. The number of β-lactam (4-membered cyclic amide) rings is 1. The smallest absolute Gasteiger partial charge is 0.226 e. The second kappa shape index (κ2) is 5.13. The third-order valence-corrected chi connectivity index (χ3v) is 3.33. The van der Waals surface area contributed by atoms with E-state index in [1.165, 1.54) is 5.56 Å². The molecule has 1 N–H and O–H groups in total.